The molecule has 3 atom stereocenters. The topological polar surface area (TPSA) is 40.5 Å². The first kappa shape index (κ1) is 8.92. The second kappa shape index (κ2) is 3.85. The van der Waals surface area contributed by atoms with E-state index >= 15 is 0 Å². The summed E-state index contributed by atoms with van der Waals surface area (Å²) in [6.45, 7) is 5.53. The molecule has 0 aliphatic rings. The van der Waals surface area contributed by atoms with Gasteiger partial charge in [-0.3, -0.25) is 0 Å². The fraction of sp³-hybridized carbons (Fsp3) is 1.00. The lowest BCUT2D eigenvalue weighted by Gasteiger charge is -2.19. The summed E-state index contributed by atoms with van der Waals surface area (Å²) in [6.07, 6.45) is -0.249. The van der Waals surface area contributed by atoms with Crippen molar-refractivity contribution < 1.29 is 10.2 Å². The Morgan fingerprint density at radius 2 is 1.67 bits per heavy atom. The van der Waals surface area contributed by atoms with Crippen LogP contribution < -0.4 is 0 Å². The van der Waals surface area contributed by atoms with E-state index < -0.39 is 12.2 Å². The van der Waals surface area contributed by atoms with Crippen LogP contribution in [-0.2, 0) is 0 Å². The Hall–Kier alpha value is -0.0800. The maximum absolute atomic E-state index is 9.14. The Balaban J connectivity index is 3.58. The molecule has 0 heterocycles. The van der Waals surface area contributed by atoms with Crippen molar-refractivity contribution in [1.29, 1.82) is 0 Å². The fourth-order valence-electron chi connectivity index (χ4n) is 0.717. The maximum atomic E-state index is 9.14. The van der Waals surface area contributed by atoms with Crippen LogP contribution in [0.3, 0.4) is 0 Å². The quantitative estimate of drug-likeness (QED) is 0.595. The SMILES string of the molecule is CC[C@H](C)[C@H](O)[C@@H](C)O. The van der Waals surface area contributed by atoms with Gasteiger partial charge in [0.1, 0.15) is 0 Å². The van der Waals surface area contributed by atoms with Gasteiger partial charge in [0.15, 0.2) is 0 Å². The first-order valence-corrected chi connectivity index (χ1v) is 3.45. The van der Waals surface area contributed by atoms with Gasteiger partial charge in [0, 0.05) is 0 Å². The molecule has 0 rings (SSSR count). The van der Waals surface area contributed by atoms with Crippen LogP contribution in [0.4, 0.5) is 0 Å². The van der Waals surface area contributed by atoms with Crippen LogP contribution in [0.2, 0.25) is 0 Å². The molecule has 0 spiro atoms. The molecule has 0 radical (unpaired) electrons. The highest BCUT2D eigenvalue weighted by Gasteiger charge is 2.16. The molecule has 0 aliphatic carbocycles. The minimum absolute atomic E-state index is 0.199. The van der Waals surface area contributed by atoms with E-state index in [0.29, 0.717) is 0 Å². The third kappa shape index (κ3) is 2.82. The van der Waals surface area contributed by atoms with Crippen LogP contribution in [0, 0.1) is 5.92 Å². The van der Waals surface area contributed by atoms with Crippen molar-refractivity contribution in [3.05, 3.63) is 0 Å². The molecular weight excluding hydrogens is 116 g/mol. The summed E-state index contributed by atoms with van der Waals surface area (Å²) in [6, 6.07) is 0. The van der Waals surface area contributed by atoms with Crippen molar-refractivity contribution in [3.63, 3.8) is 0 Å². The minimum Gasteiger partial charge on any atom is -0.391 e. The summed E-state index contributed by atoms with van der Waals surface area (Å²) in [5, 5.41) is 18.0. The van der Waals surface area contributed by atoms with Crippen LogP contribution in [-0.4, -0.2) is 22.4 Å². The van der Waals surface area contributed by atoms with Gasteiger partial charge in [0.05, 0.1) is 12.2 Å². The molecular formula is C7H16O2. The van der Waals surface area contributed by atoms with Gasteiger partial charge in [-0.25, -0.2) is 0 Å². The Bertz CT molecular complexity index is 71.3. The smallest absolute Gasteiger partial charge is 0.0821 e. The first-order chi connectivity index (χ1) is 4.09. The highest BCUT2D eigenvalue weighted by molar-refractivity contribution is 4.67. The standard InChI is InChI=1S/C7H16O2/c1-4-5(2)7(9)6(3)8/h5-9H,4H2,1-3H3/t5-,6+,7-/m0/s1. The summed E-state index contributed by atoms with van der Waals surface area (Å²) in [7, 11) is 0. The highest BCUT2D eigenvalue weighted by atomic mass is 16.3. The zero-order valence-electron chi connectivity index (χ0n) is 6.33. The third-order valence-corrected chi connectivity index (χ3v) is 1.72. The lowest BCUT2D eigenvalue weighted by molar-refractivity contribution is -0.00307. The van der Waals surface area contributed by atoms with Gasteiger partial charge >= 0.3 is 0 Å². The van der Waals surface area contributed by atoms with E-state index in [1.807, 2.05) is 13.8 Å². The summed E-state index contributed by atoms with van der Waals surface area (Å²) in [5.41, 5.74) is 0. The van der Waals surface area contributed by atoms with Crippen molar-refractivity contribution in [2.45, 2.75) is 39.4 Å². The molecule has 2 heteroatoms. The molecule has 0 saturated carbocycles. The number of hydrogen-bond acceptors (Lipinski definition) is 2. The number of aliphatic hydroxyl groups is 2. The molecule has 2 nitrogen and oxygen atoms in total. The van der Waals surface area contributed by atoms with Gasteiger partial charge in [0.25, 0.3) is 0 Å². The minimum atomic E-state index is -0.597. The van der Waals surface area contributed by atoms with Crippen molar-refractivity contribution in [1.82, 2.24) is 0 Å². The van der Waals surface area contributed by atoms with Crippen LogP contribution in [0.25, 0.3) is 0 Å². The monoisotopic (exact) mass is 132 g/mol. The molecule has 56 valence electrons. The summed E-state index contributed by atoms with van der Waals surface area (Å²) < 4.78 is 0. The van der Waals surface area contributed by atoms with Crippen LogP contribution >= 0.6 is 0 Å². The Labute approximate surface area is 56.5 Å². The van der Waals surface area contributed by atoms with E-state index in [1.165, 1.54) is 0 Å². The Morgan fingerprint density at radius 1 is 1.22 bits per heavy atom. The number of aliphatic hydroxyl groups excluding tert-OH is 2. The largest absolute Gasteiger partial charge is 0.391 e. The molecule has 0 amide bonds. The van der Waals surface area contributed by atoms with Gasteiger partial charge in [-0.2, -0.15) is 0 Å². The average Bonchev–Trinajstić information content (AvgIpc) is 1.84. The Morgan fingerprint density at radius 3 is 1.78 bits per heavy atom. The molecule has 0 saturated heterocycles. The van der Waals surface area contributed by atoms with Gasteiger partial charge in [-0.05, 0) is 12.8 Å². The van der Waals surface area contributed by atoms with Gasteiger partial charge < -0.3 is 10.2 Å². The van der Waals surface area contributed by atoms with Crippen LogP contribution in [0.5, 0.6) is 0 Å². The third-order valence-electron chi connectivity index (χ3n) is 1.72. The summed E-state index contributed by atoms with van der Waals surface area (Å²) in [5.74, 6) is 0.199. The molecule has 0 fully saturated rings. The van der Waals surface area contributed by atoms with E-state index in [0.717, 1.165) is 6.42 Å². The molecule has 0 bridgehead atoms. The zero-order valence-corrected chi connectivity index (χ0v) is 6.33. The fourth-order valence-corrected chi connectivity index (χ4v) is 0.717. The highest BCUT2D eigenvalue weighted by Crippen LogP contribution is 2.09. The predicted molar refractivity (Wildman–Crippen MR) is 37.1 cm³/mol. The second-order valence-electron chi connectivity index (χ2n) is 2.62. The first-order valence-electron chi connectivity index (χ1n) is 3.45. The van der Waals surface area contributed by atoms with E-state index in [4.69, 9.17) is 10.2 Å². The molecule has 0 aliphatic heterocycles. The average molecular weight is 132 g/mol. The van der Waals surface area contributed by atoms with Crippen LogP contribution in [0.1, 0.15) is 27.2 Å². The summed E-state index contributed by atoms with van der Waals surface area (Å²) in [4.78, 5) is 0. The van der Waals surface area contributed by atoms with E-state index in [-0.39, 0.29) is 5.92 Å². The van der Waals surface area contributed by atoms with Crippen molar-refractivity contribution in [2.75, 3.05) is 0 Å². The van der Waals surface area contributed by atoms with Gasteiger partial charge in [-0.1, -0.05) is 20.3 Å². The molecule has 0 aromatic heterocycles. The van der Waals surface area contributed by atoms with E-state index in [9.17, 15) is 0 Å². The van der Waals surface area contributed by atoms with Gasteiger partial charge in [-0.15, -0.1) is 0 Å². The van der Waals surface area contributed by atoms with E-state index in [1.54, 1.807) is 6.92 Å². The van der Waals surface area contributed by atoms with E-state index in [2.05, 4.69) is 0 Å². The normalized spacial score (nSPS) is 21.0. The van der Waals surface area contributed by atoms with Crippen molar-refractivity contribution in [2.24, 2.45) is 5.92 Å². The van der Waals surface area contributed by atoms with Gasteiger partial charge in [0.2, 0.25) is 0 Å². The maximum Gasteiger partial charge on any atom is 0.0821 e. The zero-order chi connectivity index (χ0) is 7.44. The number of rotatable bonds is 3. The Kier molecular flexibility index (Phi) is 3.82. The lowest BCUT2D eigenvalue weighted by Crippen LogP contribution is -2.29. The second-order valence-corrected chi connectivity index (χ2v) is 2.62. The predicted octanol–water partition coefficient (Wildman–Crippen LogP) is 0.774. The van der Waals surface area contributed by atoms with Crippen molar-refractivity contribution in [3.8, 4) is 0 Å². The molecule has 2 N–H and O–H groups in total. The molecule has 0 unspecified atom stereocenters. The van der Waals surface area contributed by atoms with Crippen LogP contribution in [0.15, 0.2) is 0 Å². The van der Waals surface area contributed by atoms with Crippen molar-refractivity contribution >= 4 is 0 Å². The molecule has 0 aromatic carbocycles. The summed E-state index contributed by atoms with van der Waals surface area (Å²) >= 11 is 0. The number of hydrogen-bond donors (Lipinski definition) is 2. The lowest BCUT2D eigenvalue weighted by atomic mass is 9.98. The molecule has 0 aromatic rings. The molecule has 9 heavy (non-hydrogen) atoms.